The Kier molecular flexibility index (Phi) is 5.90. The summed E-state index contributed by atoms with van der Waals surface area (Å²) in [4.78, 5) is 1.21. The van der Waals surface area contributed by atoms with Crippen LogP contribution in [0.5, 0.6) is 0 Å². The van der Waals surface area contributed by atoms with E-state index in [1.807, 2.05) is 0 Å². The molecule has 0 atom stereocenters. The van der Waals surface area contributed by atoms with Crippen molar-refractivity contribution in [1.29, 1.82) is 0 Å². The van der Waals surface area contributed by atoms with E-state index < -0.39 is 0 Å². The number of nitrogens with one attached hydrogen (secondary N) is 1. The standard InChI is InChI=1S/C11H15BrClNS/c1-3-8(7-14-4-2)5-9-6-10(12)11(13)15-9/h5-6,14H,3-4,7H2,1-2H3. The van der Waals surface area contributed by atoms with E-state index in [1.165, 1.54) is 10.5 Å². The van der Waals surface area contributed by atoms with Crippen LogP contribution in [0.1, 0.15) is 25.1 Å². The van der Waals surface area contributed by atoms with Gasteiger partial charge >= 0.3 is 0 Å². The first-order valence-corrected chi connectivity index (χ1v) is 7.01. The van der Waals surface area contributed by atoms with E-state index in [1.54, 1.807) is 11.3 Å². The molecule has 0 aliphatic rings. The third kappa shape index (κ3) is 4.27. The van der Waals surface area contributed by atoms with Gasteiger partial charge in [0.2, 0.25) is 0 Å². The van der Waals surface area contributed by atoms with E-state index in [0.29, 0.717) is 0 Å². The van der Waals surface area contributed by atoms with Crippen LogP contribution in [0.2, 0.25) is 4.34 Å². The van der Waals surface area contributed by atoms with Gasteiger partial charge in [-0.25, -0.2) is 0 Å². The van der Waals surface area contributed by atoms with E-state index in [4.69, 9.17) is 11.6 Å². The number of halogens is 2. The Hall–Kier alpha value is 0.170. The van der Waals surface area contributed by atoms with Gasteiger partial charge in [-0.3, -0.25) is 0 Å². The fraction of sp³-hybridized carbons (Fsp3) is 0.455. The molecule has 0 aliphatic carbocycles. The summed E-state index contributed by atoms with van der Waals surface area (Å²) in [5.41, 5.74) is 1.40. The van der Waals surface area contributed by atoms with E-state index in [-0.39, 0.29) is 0 Å². The molecule has 0 unspecified atom stereocenters. The van der Waals surface area contributed by atoms with Crippen molar-refractivity contribution in [3.63, 3.8) is 0 Å². The molecule has 0 amide bonds. The molecule has 1 aromatic rings. The third-order valence-electron chi connectivity index (χ3n) is 2.07. The van der Waals surface area contributed by atoms with Gasteiger partial charge in [-0.05, 0) is 41.0 Å². The topological polar surface area (TPSA) is 12.0 Å². The maximum absolute atomic E-state index is 5.99. The summed E-state index contributed by atoms with van der Waals surface area (Å²) >= 11 is 11.0. The molecule has 0 aliphatic heterocycles. The molecule has 0 bridgehead atoms. The molecular weight excluding hydrogens is 294 g/mol. The van der Waals surface area contributed by atoms with Crippen LogP contribution in [0.4, 0.5) is 0 Å². The Bertz CT molecular complexity index is 327. The number of hydrogen-bond acceptors (Lipinski definition) is 2. The molecule has 4 heteroatoms. The van der Waals surface area contributed by atoms with Gasteiger partial charge in [-0.2, -0.15) is 0 Å². The van der Waals surface area contributed by atoms with Gasteiger partial charge in [0.15, 0.2) is 0 Å². The highest BCUT2D eigenvalue weighted by molar-refractivity contribution is 9.10. The molecule has 0 fully saturated rings. The summed E-state index contributed by atoms with van der Waals surface area (Å²) in [7, 11) is 0. The second kappa shape index (κ2) is 6.69. The summed E-state index contributed by atoms with van der Waals surface area (Å²) in [5, 5.41) is 3.33. The van der Waals surface area contributed by atoms with E-state index in [0.717, 1.165) is 28.3 Å². The zero-order valence-corrected chi connectivity index (χ0v) is 12.1. The van der Waals surface area contributed by atoms with Crippen molar-refractivity contribution in [1.82, 2.24) is 5.32 Å². The molecule has 0 spiro atoms. The molecule has 84 valence electrons. The lowest BCUT2D eigenvalue weighted by atomic mass is 10.2. The van der Waals surface area contributed by atoms with Crippen molar-refractivity contribution < 1.29 is 0 Å². The van der Waals surface area contributed by atoms with Crippen molar-refractivity contribution in [3.8, 4) is 0 Å². The molecule has 0 aromatic carbocycles. The summed E-state index contributed by atoms with van der Waals surface area (Å²) in [5.74, 6) is 0. The molecule has 0 saturated carbocycles. The lowest BCUT2D eigenvalue weighted by molar-refractivity contribution is 0.762. The highest BCUT2D eigenvalue weighted by atomic mass is 79.9. The Morgan fingerprint density at radius 1 is 1.60 bits per heavy atom. The Morgan fingerprint density at radius 3 is 2.80 bits per heavy atom. The summed E-state index contributed by atoms with van der Waals surface area (Å²) in [6, 6.07) is 2.06. The van der Waals surface area contributed by atoms with Crippen LogP contribution in [0.15, 0.2) is 16.1 Å². The molecule has 1 N–H and O–H groups in total. The molecule has 1 heterocycles. The molecule has 0 saturated heterocycles. The first-order valence-electron chi connectivity index (χ1n) is 5.02. The molecule has 1 aromatic heterocycles. The van der Waals surface area contributed by atoms with E-state index in [9.17, 15) is 0 Å². The van der Waals surface area contributed by atoms with Crippen LogP contribution in [0.3, 0.4) is 0 Å². The number of rotatable bonds is 5. The lowest BCUT2D eigenvalue weighted by Crippen LogP contribution is -2.15. The van der Waals surface area contributed by atoms with Crippen LogP contribution in [0, 0.1) is 0 Å². The Balaban J connectivity index is 2.74. The maximum Gasteiger partial charge on any atom is 0.108 e. The number of hydrogen-bond donors (Lipinski definition) is 1. The monoisotopic (exact) mass is 307 g/mol. The SMILES string of the molecule is CCNCC(=Cc1cc(Br)c(Cl)s1)CC. The fourth-order valence-corrected chi connectivity index (χ4v) is 2.93. The molecule has 15 heavy (non-hydrogen) atoms. The first kappa shape index (κ1) is 13.2. The van der Waals surface area contributed by atoms with Crippen LogP contribution < -0.4 is 5.32 Å². The maximum atomic E-state index is 5.99. The second-order valence-corrected chi connectivity index (χ2v) is 5.75. The van der Waals surface area contributed by atoms with Crippen LogP contribution in [-0.2, 0) is 0 Å². The van der Waals surface area contributed by atoms with E-state index in [2.05, 4.69) is 47.2 Å². The van der Waals surface area contributed by atoms with Crippen molar-refractivity contribution >= 4 is 44.9 Å². The summed E-state index contributed by atoms with van der Waals surface area (Å²) < 4.78 is 1.81. The van der Waals surface area contributed by atoms with Gasteiger partial charge in [-0.1, -0.05) is 31.0 Å². The molecule has 1 rings (SSSR count). The second-order valence-electron chi connectivity index (χ2n) is 3.21. The quantitative estimate of drug-likeness (QED) is 0.840. The minimum atomic E-state index is 0.820. The van der Waals surface area contributed by atoms with Gasteiger partial charge in [0.1, 0.15) is 4.34 Å². The zero-order chi connectivity index (χ0) is 11.3. The zero-order valence-electron chi connectivity index (χ0n) is 8.94. The van der Waals surface area contributed by atoms with Crippen molar-refractivity contribution in [2.24, 2.45) is 0 Å². The first-order chi connectivity index (χ1) is 7.17. The number of thiophene rings is 1. The van der Waals surface area contributed by atoms with Gasteiger partial charge in [0, 0.05) is 15.9 Å². The molecule has 0 radical (unpaired) electrons. The summed E-state index contributed by atoms with van der Waals surface area (Å²) in [6.07, 6.45) is 3.28. The lowest BCUT2D eigenvalue weighted by Gasteiger charge is -2.03. The fourth-order valence-electron chi connectivity index (χ4n) is 1.20. The predicted molar refractivity (Wildman–Crippen MR) is 73.8 cm³/mol. The van der Waals surface area contributed by atoms with Crippen molar-refractivity contribution in [2.75, 3.05) is 13.1 Å². The summed E-state index contributed by atoms with van der Waals surface area (Å²) in [6.45, 7) is 6.26. The van der Waals surface area contributed by atoms with Gasteiger partial charge in [-0.15, -0.1) is 11.3 Å². The van der Waals surface area contributed by atoms with Gasteiger partial charge < -0.3 is 5.32 Å². The average Bonchev–Trinajstić information content (AvgIpc) is 2.53. The third-order valence-corrected chi connectivity index (χ3v) is 4.49. The van der Waals surface area contributed by atoms with Crippen molar-refractivity contribution in [2.45, 2.75) is 20.3 Å². The molecular formula is C11H15BrClNS. The van der Waals surface area contributed by atoms with E-state index >= 15 is 0 Å². The van der Waals surface area contributed by atoms with Crippen molar-refractivity contribution in [3.05, 3.63) is 25.3 Å². The van der Waals surface area contributed by atoms with Gasteiger partial charge in [0.05, 0.1) is 0 Å². The Morgan fingerprint density at radius 2 is 2.33 bits per heavy atom. The van der Waals surface area contributed by atoms with Crippen LogP contribution in [0.25, 0.3) is 6.08 Å². The predicted octanol–water partition coefficient (Wildman–Crippen LogP) is 4.57. The highest BCUT2D eigenvalue weighted by Crippen LogP contribution is 2.33. The average molecular weight is 309 g/mol. The van der Waals surface area contributed by atoms with Gasteiger partial charge in [0.25, 0.3) is 0 Å². The minimum absolute atomic E-state index is 0.820. The normalized spacial score (nSPS) is 12.1. The Labute approximate surface area is 109 Å². The molecule has 1 nitrogen and oxygen atoms in total. The largest absolute Gasteiger partial charge is 0.313 e. The van der Waals surface area contributed by atoms with Crippen LogP contribution in [-0.4, -0.2) is 13.1 Å². The highest BCUT2D eigenvalue weighted by Gasteiger charge is 2.03. The minimum Gasteiger partial charge on any atom is -0.313 e. The van der Waals surface area contributed by atoms with Crippen LogP contribution >= 0.6 is 38.9 Å². The smallest absolute Gasteiger partial charge is 0.108 e. The number of likely N-dealkylation sites (N-methyl/N-ethyl adjacent to an activating group) is 1.